The van der Waals surface area contributed by atoms with Gasteiger partial charge in [0.15, 0.2) is 0 Å². The Labute approximate surface area is 147 Å². The third-order valence-corrected chi connectivity index (χ3v) is 6.72. The quantitative estimate of drug-likeness (QED) is 0.808. The summed E-state index contributed by atoms with van der Waals surface area (Å²) in [6.45, 7) is 7.21. The Balaban J connectivity index is 1.82. The highest BCUT2D eigenvalue weighted by molar-refractivity contribution is 7.99. The van der Waals surface area contributed by atoms with Crippen LogP contribution in [0.25, 0.3) is 0 Å². The second kappa shape index (κ2) is 6.48. The second-order valence-corrected chi connectivity index (χ2v) is 8.12. The van der Waals surface area contributed by atoms with E-state index in [0.29, 0.717) is 6.04 Å². The molecule has 0 bridgehead atoms. The molecule has 23 heavy (non-hydrogen) atoms. The van der Waals surface area contributed by atoms with Crippen molar-refractivity contribution in [1.82, 2.24) is 0 Å². The first-order valence-corrected chi connectivity index (χ1v) is 9.64. The zero-order chi connectivity index (χ0) is 15.8. The largest absolute Gasteiger partial charge is 0.337 e. The lowest BCUT2D eigenvalue weighted by Crippen LogP contribution is -3.20. The highest BCUT2D eigenvalue weighted by Gasteiger charge is 2.32. The molecule has 2 heterocycles. The molecule has 1 atom stereocenters. The van der Waals surface area contributed by atoms with Crippen LogP contribution in [-0.4, -0.2) is 26.2 Å². The summed E-state index contributed by atoms with van der Waals surface area (Å²) in [6, 6.07) is 13.7. The molecule has 0 aliphatic carbocycles. The van der Waals surface area contributed by atoms with Gasteiger partial charge < -0.3 is 10.2 Å². The minimum atomic E-state index is 0.547. The number of nitrogens with two attached hydrogens (primary N) is 1. The molecule has 2 aliphatic rings. The number of hydrogen-bond donors (Lipinski definition) is 2. The molecule has 3 N–H and O–H groups in total. The van der Waals surface area contributed by atoms with Gasteiger partial charge >= 0.3 is 0 Å². The summed E-state index contributed by atoms with van der Waals surface area (Å²) in [4.78, 5) is 4.56. The van der Waals surface area contributed by atoms with Crippen molar-refractivity contribution in [2.75, 3.05) is 26.2 Å². The van der Waals surface area contributed by atoms with Gasteiger partial charge in [-0.25, -0.2) is 0 Å². The maximum Gasteiger partial charge on any atom is 0.127 e. The van der Waals surface area contributed by atoms with E-state index in [4.69, 9.17) is 11.6 Å². The Kier molecular flexibility index (Phi) is 4.37. The van der Waals surface area contributed by atoms with Crippen molar-refractivity contribution in [3.05, 3.63) is 58.1 Å². The number of piperazine rings is 1. The smallest absolute Gasteiger partial charge is 0.127 e. The van der Waals surface area contributed by atoms with Crippen LogP contribution in [0.3, 0.4) is 0 Å². The summed E-state index contributed by atoms with van der Waals surface area (Å²) in [5.41, 5.74) is 4.33. The predicted octanol–water partition coefficient (Wildman–Crippen LogP) is 1.86. The molecule has 1 saturated heterocycles. The number of fused-ring (bicyclic) bond motifs is 2. The van der Waals surface area contributed by atoms with Crippen LogP contribution in [0.1, 0.15) is 22.7 Å². The van der Waals surface area contributed by atoms with Crippen LogP contribution in [-0.2, 0) is 6.42 Å². The van der Waals surface area contributed by atoms with Crippen LogP contribution >= 0.6 is 23.4 Å². The van der Waals surface area contributed by atoms with Gasteiger partial charge in [0.05, 0.1) is 0 Å². The molecule has 1 fully saturated rings. The number of quaternary nitrogens is 2. The van der Waals surface area contributed by atoms with Gasteiger partial charge in [0, 0.05) is 26.8 Å². The van der Waals surface area contributed by atoms with Crippen molar-refractivity contribution in [2.24, 2.45) is 0 Å². The number of rotatable bonds is 1. The van der Waals surface area contributed by atoms with E-state index in [1.165, 1.54) is 52.7 Å². The number of benzene rings is 2. The summed E-state index contributed by atoms with van der Waals surface area (Å²) in [6.07, 6.45) is 1.09. The van der Waals surface area contributed by atoms with Crippen molar-refractivity contribution in [2.45, 2.75) is 29.2 Å². The van der Waals surface area contributed by atoms with Gasteiger partial charge in [0.2, 0.25) is 0 Å². The third kappa shape index (κ3) is 3.03. The fourth-order valence-corrected chi connectivity index (χ4v) is 5.27. The summed E-state index contributed by atoms with van der Waals surface area (Å²) in [5, 5.41) is 3.30. The molecule has 0 unspecified atom stereocenters. The fourth-order valence-electron chi connectivity index (χ4n) is 3.89. The molecule has 4 rings (SSSR count). The molecule has 2 aliphatic heterocycles. The lowest BCUT2D eigenvalue weighted by Gasteiger charge is -2.31. The van der Waals surface area contributed by atoms with Crippen molar-refractivity contribution in [3.63, 3.8) is 0 Å². The Morgan fingerprint density at radius 1 is 1.17 bits per heavy atom. The van der Waals surface area contributed by atoms with Gasteiger partial charge in [-0.2, -0.15) is 0 Å². The summed E-state index contributed by atoms with van der Waals surface area (Å²) < 4.78 is 0. The van der Waals surface area contributed by atoms with E-state index in [2.05, 4.69) is 42.6 Å². The topological polar surface area (TPSA) is 21.1 Å². The van der Waals surface area contributed by atoms with Gasteiger partial charge in [0.1, 0.15) is 32.2 Å². The first-order chi connectivity index (χ1) is 11.2. The van der Waals surface area contributed by atoms with Gasteiger partial charge in [-0.3, -0.25) is 0 Å². The highest BCUT2D eigenvalue weighted by atomic mass is 35.5. The second-order valence-electron chi connectivity index (χ2n) is 6.63. The monoisotopic (exact) mass is 346 g/mol. The zero-order valence-corrected chi connectivity index (χ0v) is 15.0. The Morgan fingerprint density at radius 3 is 2.83 bits per heavy atom. The third-order valence-electron chi connectivity index (χ3n) is 5.11. The van der Waals surface area contributed by atoms with Crippen molar-refractivity contribution in [1.29, 1.82) is 0 Å². The average Bonchev–Trinajstić information content (AvgIpc) is 2.73. The van der Waals surface area contributed by atoms with Crippen molar-refractivity contribution >= 4 is 23.4 Å². The standard InChI is InChI=1S/C19H21ClN2S/c1-13-3-2-4-16-17(22-9-7-21-8-10-22)12-14-11-15(20)5-6-18(14)23-19(13)16/h2-6,11,17,21H,7-10,12H2,1H3/p+2/t17-/m0/s1. The number of hydrogen-bond acceptors (Lipinski definition) is 1. The van der Waals surface area contributed by atoms with Gasteiger partial charge in [0.25, 0.3) is 0 Å². The van der Waals surface area contributed by atoms with Crippen molar-refractivity contribution in [3.8, 4) is 0 Å². The molecule has 2 nitrogen and oxygen atoms in total. The molecule has 0 spiro atoms. The molecule has 2 aromatic rings. The molecule has 120 valence electrons. The lowest BCUT2D eigenvalue weighted by atomic mass is 9.95. The number of aryl methyl sites for hydroxylation is 1. The molecular weight excluding hydrogens is 324 g/mol. The number of halogens is 1. The van der Waals surface area contributed by atoms with Gasteiger partial charge in [-0.1, -0.05) is 41.6 Å². The van der Waals surface area contributed by atoms with E-state index in [9.17, 15) is 0 Å². The number of nitrogens with one attached hydrogen (secondary N) is 1. The van der Waals surface area contributed by atoms with E-state index in [1.807, 2.05) is 17.8 Å². The van der Waals surface area contributed by atoms with Gasteiger partial charge in [-0.15, -0.1) is 0 Å². The summed E-state index contributed by atoms with van der Waals surface area (Å²) in [5.74, 6) is 0. The molecule has 0 saturated carbocycles. The van der Waals surface area contributed by atoms with Crippen LogP contribution in [0.4, 0.5) is 0 Å². The lowest BCUT2D eigenvalue weighted by molar-refractivity contribution is -0.972. The first kappa shape index (κ1) is 15.5. The molecule has 2 aromatic carbocycles. The average molecular weight is 347 g/mol. The van der Waals surface area contributed by atoms with Crippen LogP contribution in [0.2, 0.25) is 5.02 Å². The molecule has 4 heteroatoms. The maximum absolute atomic E-state index is 6.28. The van der Waals surface area contributed by atoms with Crippen LogP contribution < -0.4 is 10.2 Å². The Bertz CT molecular complexity index is 725. The highest BCUT2D eigenvalue weighted by Crippen LogP contribution is 2.42. The van der Waals surface area contributed by atoms with Crippen molar-refractivity contribution < 1.29 is 10.2 Å². The van der Waals surface area contributed by atoms with E-state index in [1.54, 1.807) is 4.90 Å². The zero-order valence-electron chi connectivity index (χ0n) is 13.4. The molecule has 0 aromatic heterocycles. The maximum atomic E-state index is 6.28. The summed E-state index contributed by atoms with van der Waals surface area (Å²) in [7, 11) is 0. The van der Waals surface area contributed by atoms with E-state index in [-0.39, 0.29) is 0 Å². The van der Waals surface area contributed by atoms with E-state index < -0.39 is 0 Å². The first-order valence-electron chi connectivity index (χ1n) is 8.44. The molecular formula is C19H23ClN2S+2. The minimum absolute atomic E-state index is 0.547. The fraction of sp³-hybridized carbons (Fsp3) is 0.368. The Morgan fingerprint density at radius 2 is 2.00 bits per heavy atom. The van der Waals surface area contributed by atoms with Crippen LogP contribution in [0, 0.1) is 6.92 Å². The SMILES string of the molecule is Cc1cccc2c1Sc1ccc(Cl)cc1C[C@@H]2[NH+]1CC[NH2+]CC1. The van der Waals surface area contributed by atoms with Crippen LogP contribution in [0.15, 0.2) is 46.2 Å². The normalized spacial score (nSPS) is 21.4. The van der Waals surface area contributed by atoms with E-state index in [0.717, 1.165) is 11.4 Å². The minimum Gasteiger partial charge on any atom is -0.337 e. The van der Waals surface area contributed by atoms with Gasteiger partial charge in [-0.05, 0) is 36.2 Å². The molecule has 0 amide bonds. The molecule has 0 radical (unpaired) electrons. The van der Waals surface area contributed by atoms with E-state index >= 15 is 0 Å². The Hall–Kier alpha value is -1.00. The predicted molar refractivity (Wildman–Crippen MR) is 95.6 cm³/mol. The summed E-state index contributed by atoms with van der Waals surface area (Å²) >= 11 is 8.21. The van der Waals surface area contributed by atoms with Crippen LogP contribution in [0.5, 0.6) is 0 Å².